The smallest absolute Gasteiger partial charge is 0.274 e. The second kappa shape index (κ2) is 6.81. The zero-order valence-corrected chi connectivity index (χ0v) is 14.3. The van der Waals surface area contributed by atoms with Crippen LogP contribution >= 0.6 is 0 Å². The summed E-state index contributed by atoms with van der Waals surface area (Å²) in [4.78, 5) is 28.9. The SMILES string of the molecule is Cc1nc2ccncn2c1-c1ccnc(Nc2ccc(C(=O)NO)cc2)n1. The van der Waals surface area contributed by atoms with Crippen LogP contribution in [-0.2, 0) is 0 Å². The minimum Gasteiger partial charge on any atom is -0.324 e. The molecule has 0 fully saturated rings. The molecule has 9 nitrogen and oxygen atoms in total. The van der Waals surface area contributed by atoms with Gasteiger partial charge in [0.05, 0.1) is 17.1 Å². The van der Waals surface area contributed by atoms with E-state index >= 15 is 0 Å². The molecule has 1 amide bonds. The number of amides is 1. The van der Waals surface area contributed by atoms with E-state index in [-0.39, 0.29) is 0 Å². The van der Waals surface area contributed by atoms with E-state index in [0.29, 0.717) is 22.9 Å². The van der Waals surface area contributed by atoms with Gasteiger partial charge in [-0.25, -0.2) is 25.4 Å². The number of hydrogen-bond acceptors (Lipinski definition) is 7. The van der Waals surface area contributed by atoms with E-state index in [4.69, 9.17) is 5.21 Å². The summed E-state index contributed by atoms with van der Waals surface area (Å²) in [6.07, 6.45) is 5.05. The Hall–Kier alpha value is -3.85. The number of hydrogen-bond donors (Lipinski definition) is 3. The molecule has 4 rings (SSSR count). The van der Waals surface area contributed by atoms with Gasteiger partial charge in [-0.15, -0.1) is 0 Å². The monoisotopic (exact) mass is 361 g/mol. The van der Waals surface area contributed by atoms with Crippen LogP contribution in [0.3, 0.4) is 0 Å². The van der Waals surface area contributed by atoms with Gasteiger partial charge in [0.2, 0.25) is 5.95 Å². The Morgan fingerprint density at radius 1 is 1.07 bits per heavy atom. The maximum Gasteiger partial charge on any atom is 0.274 e. The number of rotatable bonds is 4. The summed E-state index contributed by atoms with van der Waals surface area (Å²) in [5.74, 6) is -0.165. The van der Waals surface area contributed by atoms with Crippen LogP contribution in [0.1, 0.15) is 16.1 Å². The number of aryl methyl sites for hydroxylation is 1. The number of aromatic nitrogens is 5. The third-order valence-electron chi connectivity index (χ3n) is 4.01. The molecule has 0 aliphatic rings. The molecule has 0 saturated heterocycles. The van der Waals surface area contributed by atoms with Crippen LogP contribution in [-0.4, -0.2) is 35.5 Å². The highest BCUT2D eigenvalue weighted by atomic mass is 16.5. The third kappa shape index (κ3) is 3.18. The van der Waals surface area contributed by atoms with Gasteiger partial charge in [-0.3, -0.25) is 14.4 Å². The quantitative estimate of drug-likeness (QED) is 0.377. The second-order valence-electron chi connectivity index (χ2n) is 5.76. The standard InChI is InChI=1S/C18H15N7O2/c1-11-16(25-10-19-8-7-15(25)21-11)14-6-9-20-18(23-14)22-13-4-2-12(3-5-13)17(26)24-27/h2-10,27H,1H3,(H,24,26)(H,20,22,23). The largest absolute Gasteiger partial charge is 0.324 e. The maximum atomic E-state index is 11.4. The molecule has 0 atom stereocenters. The van der Waals surface area contributed by atoms with Gasteiger partial charge in [-0.05, 0) is 43.3 Å². The number of nitrogens with zero attached hydrogens (tertiary/aromatic N) is 5. The number of benzene rings is 1. The summed E-state index contributed by atoms with van der Waals surface area (Å²) in [5.41, 5.74) is 5.83. The van der Waals surface area contributed by atoms with Crippen molar-refractivity contribution in [1.29, 1.82) is 0 Å². The first-order valence-electron chi connectivity index (χ1n) is 8.09. The van der Waals surface area contributed by atoms with Crippen molar-refractivity contribution < 1.29 is 10.0 Å². The minimum absolute atomic E-state index is 0.339. The summed E-state index contributed by atoms with van der Waals surface area (Å²) in [6.45, 7) is 1.92. The van der Waals surface area contributed by atoms with Crippen LogP contribution in [0.4, 0.5) is 11.6 Å². The first-order chi connectivity index (χ1) is 13.2. The number of carbonyl (C=O) groups excluding carboxylic acids is 1. The van der Waals surface area contributed by atoms with Crippen molar-refractivity contribution in [3.05, 3.63) is 66.4 Å². The van der Waals surface area contributed by atoms with E-state index in [0.717, 1.165) is 17.0 Å². The van der Waals surface area contributed by atoms with Crippen molar-refractivity contribution in [2.24, 2.45) is 0 Å². The summed E-state index contributed by atoms with van der Waals surface area (Å²) in [7, 11) is 0. The average Bonchev–Trinajstić information content (AvgIpc) is 3.04. The molecule has 0 saturated carbocycles. The number of carbonyl (C=O) groups is 1. The van der Waals surface area contributed by atoms with Gasteiger partial charge < -0.3 is 5.32 Å². The predicted octanol–water partition coefficient (Wildman–Crippen LogP) is 2.36. The van der Waals surface area contributed by atoms with Crippen LogP contribution in [0.15, 0.2) is 55.1 Å². The van der Waals surface area contributed by atoms with Crippen LogP contribution in [0, 0.1) is 6.92 Å². The lowest BCUT2D eigenvalue weighted by atomic mass is 10.2. The molecule has 27 heavy (non-hydrogen) atoms. The number of imidazole rings is 1. The highest BCUT2D eigenvalue weighted by molar-refractivity contribution is 5.93. The van der Waals surface area contributed by atoms with Gasteiger partial charge in [0.25, 0.3) is 5.91 Å². The molecule has 0 bridgehead atoms. The van der Waals surface area contributed by atoms with Crippen molar-refractivity contribution in [1.82, 2.24) is 29.8 Å². The number of fused-ring (bicyclic) bond motifs is 1. The van der Waals surface area contributed by atoms with Crippen molar-refractivity contribution in [2.75, 3.05) is 5.32 Å². The van der Waals surface area contributed by atoms with Gasteiger partial charge in [-0.1, -0.05) is 0 Å². The first-order valence-corrected chi connectivity index (χ1v) is 8.09. The summed E-state index contributed by atoms with van der Waals surface area (Å²) in [5, 5.41) is 11.8. The third-order valence-corrected chi connectivity index (χ3v) is 4.01. The molecular formula is C18H15N7O2. The molecule has 0 unspecified atom stereocenters. The molecule has 4 aromatic rings. The van der Waals surface area contributed by atoms with Crippen molar-refractivity contribution in [2.45, 2.75) is 6.92 Å². The Kier molecular flexibility index (Phi) is 4.19. The van der Waals surface area contributed by atoms with E-state index in [1.165, 1.54) is 0 Å². The maximum absolute atomic E-state index is 11.4. The fraction of sp³-hybridized carbons (Fsp3) is 0.0556. The molecule has 0 spiro atoms. The lowest BCUT2D eigenvalue weighted by Crippen LogP contribution is -2.18. The van der Waals surface area contributed by atoms with Crippen LogP contribution in [0.25, 0.3) is 17.0 Å². The van der Waals surface area contributed by atoms with Gasteiger partial charge in [0.15, 0.2) is 0 Å². The van der Waals surface area contributed by atoms with E-state index < -0.39 is 5.91 Å². The summed E-state index contributed by atoms with van der Waals surface area (Å²) >= 11 is 0. The average molecular weight is 361 g/mol. The molecule has 1 aromatic carbocycles. The van der Waals surface area contributed by atoms with Gasteiger partial charge in [0, 0.05) is 23.6 Å². The van der Waals surface area contributed by atoms with Gasteiger partial charge in [-0.2, -0.15) is 0 Å². The molecule has 9 heteroatoms. The lowest BCUT2D eigenvalue weighted by Gasteiger charge is -2.08. The first kappa shape index (κ1) is 16.6. The van der Waals surface area contributed by atoms with Crippen LogP contribution < -0.4 is 10.8 Å². The minimum atomic E-state index is -0.573. The van der Waals surface area contributed by atoms with E-state index in [1.807, 2.05) is 23.5 Å². The number of anilines is 2. The Morgan fingerprint density at radius 3 is 2.67 bits per heavy atom. The lowest BCUT2D eigenvalue weighted by molar-refractivity contribution is 0.0706. The highest BCUT2D eigenvalue weighted by Crippen LogP contribution is 2.24. The highest BCUT2D eigenvalue weighted by Gasteiger charge is 2.13. The molecule has 3 aromatic heterocycles. The van der Waals surface area contributed by atoms with E-state index in [9.17, 15) is 4.79 Å². The van der Waals surface area contributed by atoms with Gasteiger partial charge >= 0.3 is 0 Å². The topological polar surface area (TPSA) is 117 Å². The molecular weight excluding hydrogens is 346 g/mol. The Labute approximate surface area is 153 Å². The second-order valence-corrected chi connectivity index (χ2v) is 5.76. The molecule has 0 aliphatic heterocycles. The van der Waals surface area contributed by atoms with Crippen molar-refractivity contribution >= 4 is 23.2 Å². The normalized spacial score (nSPS) is 10.7. The fourth-order valence-electron chi connectivity index (χ4n) is 2.77. The Bertz CT molecular complexity index is 1120. The molecule has 0 radical (unpaired) electrons. The molecule has 0 aliphatic carbocycles. The number of nitrogens with one attached hydrogen (secondary N) is 2. The number of hydroxylamine groups is 1. The Morgan fingerprint density at radius 2 is 1.89 bits per heavy atom. The predicted molar refractivity (Wildman–Crippen MR) is 97.7 cm³/mol. The summed E-state index contributed by atoms with van der Waals surface area (Å²) in [6, 6.07) is 10.2. The zero-order chi connectivity index (χ0) is 18.8. The zero-order valence-electron chi connectivity index (χ0n) is 14.3. The Balaban J connectivity index is 1.65. The van der Waals surface area contributed by atoms with Crippen LogP contribution in [0.2, 0.25) is 0 Å². The van der Waals surface area contributed by atoms with Gasteiger partial charge in [0.1, 0.15) is 12.0 Å². The van der Waals surface area contributed by atoms with Crippen molar-refractivity contribution in [3.63, 3.8) is 0 Å². The fourth-order valence-corrected chi connectivity index (χ4v) is 2.77. The van der Waals surface area contributed by atoms with E-state index in [1.54, 1.807) is 48.5 Å². The van der Waals surface area contributed by atoms with E-state index in [2.05, 4.69) is 25.3 Å². The van der Waals surface area contributed by atoms with Crippen molar-refractivity contribution in [3.8, 4) is 11.4 Å². The van der Waals surface area contributed by atoms with Crippen LogP contribution in [0.5, 0.6) is 0 Å². The molecule has 3 heterocycles. The molecule has 3 N–H and O–H groups in total. The summed E-state index contributed by atoms with van der Waals surface area (Å²) < 4.78 is 1.88. The molecule has 134 valence electrons.